The summed E-state index contributed by atoms with van der Waals surface area (Å²) in [6, 6.07) is 0. The molecule has 0 aliphatic heterocycles. The highest BCUT2D eigenvalue weighted by molar-refractivity contribution is 8.13. The van der Waals surface area contributed by atoms with Crippen LogP contribution in [0.5, 0.6) is 0 Å². The zero-order chi connectivity index (χ0) is 12.6. The fourth-order valence-electron chi connectivity index (χ4n) is 1.28. The summed E-state index contributed by atoms with van der Waals surface area (Å²) in [7, 11) is 1.51. The molecule has 0 N–H and O–H groups in total. The molecule has 0 atom stereocenters. The number of rotatable bonds is 3. The smallest absolute Gasteiger partial charge is 0.280 e. The van der Waals surface area contributed by atoms with E-state index < -0.39 is 9.05 Å². The van der Waals surface area contributed by atoms with Crippen molar-refractivity contribution in [2.75, 3.05) is 0 Å². The van der Waals surface area contributed by atoms with E-state index in [4.69, 9.17) is 10.7 Å². The molecule has 0 bridgehead atoms. The van der Waals surface area contributed by atoms with Gasteiger partial charge in [0, 0.05) is 23.4 Å². The lowest BCUT2D eigenvalue weighted by Gasteiger charge is -2.18. The molecule has 0 saturated heterocycles. The first-order chi connectivity index (χ1) is 7.09. The van der Waals surface area contributed by atoms with E-state index in [1.807, 2.05) is 4.57 Å². The Balaban J connectivity index is 2.88. The van der Waals surface area contributed by atoms with Crippen molar-refractivity contribution in [3.63, 3.8) is 0 Å². The van der Waals surface area contributed by atoms with Crippen molar-refractivity contribution in [2.45, 2.75) is 45.7 Å². The Morgan fingerprint density at radius 3 is 2.38 bits per heavy atom. The van der Waals surface area contributed by atoms with Gasteiger partial charge in [-0.25, -0.2) is 13.4 Å². The van der Waals surface area contributed by atoms with Crippen LogP contribution in [0.4, 0.5) is 0 Å². The first-order valence-corrected chi connectivity index (χ1v) is 7.39. The van der Waals surface area contributed by atoms with Gasteiger partial charge in [-0.3, -0.25) is 0 Å². The van der Waals surface area contributed by atoms with Gasteiger partial charge in [-0.1, -0.05) is 20.8 Å². The molecule has 0 aliphatic carbocycles. The Morgan fingerprint density at radius 1 is 1.44 bits per heavy atom. The number of imidazole rings is 1. The SMILES string of the molecule is Cc1nc(S(=O)(=O)Cl)cn1CCC(C)(C)C. The van der Waals surface area contributed by atoms with Gasteiger partial charge in [0.05, 0.1) is 0 Å². The fraction of sp³-hybridized carbons (Fsp3) is 0.700. The summed E-state index contributed by atoms with van der Waals surface area (Å²) in [5, 5.41) is -0.0689. The number of hydrogen-bond acceptors (Lipinski definition) is 3. The number of aromatic nitrogens is 2. The summed E-state index contributed by atoms with van der Waals surface area (Å²) in [4.78, 5) is 3.93. The molecule has 1 aromatic rings. The first-order valence-electron chi connectivity index (χ1n) is 5.08. The van der Waals surface area contributed by atoms with E-state index in [1.54, 1.807) is 6.92 Å². The van der Waals surface area contributed by atoms with Gasteiger partial charge in [-0.2, -0.15) is 0 Å². The molecule has 0 aromatic carbocycles. The molecule has 1 heterocycles. The summed E-state index contributed by atoms with van der Waals surface area (Å²) < 4.78 is 24.0. The van der Waals surface area contributed by atoms with Gasteiger partial charge in [-0.05, 0) is 18.8 Å². The molecular weight excluding hydrogens is 248 g/mol. The minimum absolute atomic E-state index is 0.0689. The highest BCUT2D eigenvalue weighted by Gasteiger charge is 2.17. The van der Waals surface area contributed by atoms with E-state index in [-0.39, 0.29) is 10.4 Å². The molecule has 0 amide bonds. The van der Waals surface area contributed by atoms with E-state index in [2.05, 4.69) is 25.8 Å². The molecule has 4 nitrogen and oxygen atoms in total. The van der Waals surface area contributed by atoms with Crippen molar-refractivity contribution in [3.8, 4) is 0 Å². The molecule has 0 saturated carbocycles. The van der Waals surface area contributed by atoms with Crippen molar-refractivity contribution >= 4 is 19.7 Å². The maximum Gasteiger partial charge on any atom is 0.280 e. The quantitative estimate of drug-likeness (QED) is 0.789. The van der Waals surface area contributed by atoms with E-state index in [9.17, 15) is 8.42 Å². The summed E-state index contributed by atoms with van der Waals surface area (Å²) in [5.74, 6) is 0.670. The maximum absolute atomic E-state index is 11.1. The molecule has 92 valence electrons. The molecule has 0 unspecified atom stereocenters. The van der Waals surface area contributed by atoms with Gasteiger partial charge in [0.15, 0.2) is 5.03 Å². The van der Waals surface area contributed by atoms with E-state index in [1.165, 1.54) is 6.20 Å². The lowest BCUT2D eigenvalue weighted by atomic mass is 9.92. The Bertz CT molecular complexity index is 471. The van der Waals surface area contributed by atoms with Crippen molar-refractivity contribution in [1.29, 1.82) is 0 Å². The largest absolute Gasteiger partial charge is 0.334 e. The highest BCUT2D eigenvalue weighted by Crippen LogP contribution is 2.21. The molecule has 6 heteroatoms. The van der Waals surface area contributed by atoms with Crippen LogP contribution < -0.4 is 0 Å². The highest BCUT2D eigenvalue weighted by atomic mass is 35.7. The maximum atomic E-state index is 11.1. The lowest BCUT2D eigenvalue weighted by Crippen LogP contribution is -2.10. The summed E-state index contributed by atoms with van der Waals surface area (Å²) >= 11 is 0. The fourth-order valence-corrected chi connectivity index (χ4v) is 2.00. The number of hydrogen-bond donors (Lipinski definition) is 0. The van der Waals surface area contributed by atoms with Crippen LogP contribution in [-0.4, -0.2) is 18.0 Å². The van der Waals surface area contributed by atoms with Crippen molar-refractivity contribution in [1.82, 2.24) is 9.55 Å². The lowest BCUT2D eigenvalue weighted by molar-refractivity contribution is 0.348. The average molecular weight is 265 g/mol. The molecule has 0 spiro atoms. The van der Waals surface area contributed by atoms with E-state index >= 15 is 0 Å². The Kier molecular flexibility index (Phi) is 3.69. The van der Waals surface area contributed by atoms with Crippen LogP contribution >= 0.6 is 10.7 Å². The van der Waals surface area contributed by atoms with Crippen LogP contribution in [0.3, 0.4) is 0 Å². The van der Waals surface area contributed by atoms with E-state index in [0.717, 1.165) is 13.0 Å². The monoisotopic (exact) mass is 264 g/mol. The number of halogens is 1. The van der Waals surface area contributed by atoms with Crippen molar-refractivity contribution < 1.29 is 8.42 Å². The Labute approximate surface area is 101 Å². The summed E-state index contributed by atoms with van der Waals surface area (Å²) in [6.45, 7) is 8.93. The van der Waals surface area contributed by atoms with Gasteiger partial charge < -0.3 is 4.57 Å². The Hall–Kier alpha value is -0.550. The second kappa shape index (κ2) is 4.37. The van der Waals surface area contributed by atoms with Gasteiger partial charge >= 0.3 is 0 Å². The van der Waals surface area contributed by atoms with Gasteiger partial charge in [-0.15, -0.1) is 0 Å². The van der Waals surface area contributed by atoms with Crippen molar-refractivity contribution in [3.05, 3.63) is 12.0 Å². The van der Waals surface area contributed by atoms with Crippen LogP contribution in [0.15, 0.2) is 11.2 Å². The predicted molar refractivity (Wildman–Crippen MR) is 64.1 cm³/mol. The molecule has 0 fully saturated rings. The van der Waals surface area contributed by atoms with Crippen LogP contribution in [0.1, 0.15) is 33.0 Å². The average Bonchev–Trinajstić information content (AvgIpc) is 2.41. The van der Waals surface area contributed by atoms with Crippen molar-refractivity contribution in [2.24, 2.45) is 5.41 Å². The van der Waals surface area contributed by atoms with Crippen LogP contribution in [-0.2, 0) is 15.6 Å². The van der Waals surface area contributed by atoms with Crippen LogP contribution in [0.25, 0.3) is 0 Å². The first kappa shape index (κ1) is 13.5. The van der Waals surface area contributed by atoms with Gasteiger partial charge in [0.25, 0.3) is 9.05 Å². The Morgan fingerprint density at radius 2 is 2.00 bits per heavy atom. The molecule has 16 heavy (non-hydrogen) atoms. The predicted octanol–water partition coefficient (Wildman–Crippen LogP) is 2.56. The molecule has 1 rings (SSSR count). The topological polar surface area (TPSA) is 52.0 Å². The van der Waals surface area contributed by atoms with Gasteiger partial charge in [0.2, 0.25) is 0 Å². The molecule has 0 radical (unpaired) electrons. The zero-order valence-corrected chi connectivity index (χ0v) is 11.6. The van der Waals surface area contributed by atoms with Crippen LogP contribution in [0.2, 0.25) is 0 Å². The third-order valence-electron chi connectivity index (χ3n) is 2.31. The molecule has 1 aromatic heterocycles. The summed E-state index contributed by atoms with van der Waals surface area (Å²) in [5.41, 5.74) is 0.205. The molecular formula is C10H17ClN2O2S. The second-order valence-corrected chi connectivity index (χ2v) is 7.58. The summed E-state index contributed by atoms with van der Waals surface area (Å²) in [6.07, 6.45) is 2.44. The minimum Gasteiger partial charge on any atom is -0.334 e. The third-order valence-corrected chi connectivity index (χ3v) is 3.48. The third kappa shape index (κ3) is 3.79. The standard InChI is InChI=1S/C10H17ClN2O2S/c1-8-12-9(16(11,14)15)7-13(8)6-5-10(2,3)4/h7H,5-6H2,1-4H3. The minimum atomic E-state index is -3.72. The normalized spacial score (nSPS) is 13.1. The number of aryl methyl sites for hydroxylation is 2. The molecule has 0 aliphatic rings. The second-order valence-electron chi connectivity index (χ2n) is 5.07. The van der Waals surface area contributed by atoms with Gasteiger partial charge in [0.1, 0.15) is 5.82 Å². The zero-order valence-electron chi connectivity index (χ0n) is 9.99. The van der Waals surface area contributed by atoms with Crippen LogP contribution in [0, 0.1) is 12.3 Å². The number of nitrogens with zero attached hydrogens (tertiary/aromatic N) is 2. The van der Waals surface area contributed by atoms with E-state index in [0.29, 0.717) is 5.82 Å².